The van der Waals surface area contributed by atoms with Crippen LogP contribution in [0.1, 0.15) is 43.6 Å². The van der Waals surface area contributed by atoms with Crippen molar-refractivity contribution in [2.75, 3.05) is 25.0 Å². The number of para-hydroxylation sites is 1. The van der Waals surface area contributed by atoms with Crippen molar-refractivity contribution in [2.45, 2.75) is 47.1 Å². The Morgan fingerprint density at radius 1 is 1.17 bits per heavy atom. The minimum absolute atomic E-state index is 0.0590. The zero-order valence-corrected chi connectivity index (χ0v) is 21.4. The molecule has 1 fully saturated rings. The fourth-order valence-electron chi connectivity index (χ4n) is 4.37. The van der Waals surface area contributed by atoms with Gasteiger partial charge >= 0.3 is 5.97 Å². The molecule has 1 saturated heterocycles. The van der Waals surface area contributed by atoms with Crippen molar-refractivity contribution in [2.24, 2.45) is 11.8 Å². The van der Waals surface area contributed by atoms with E-state index in [0.717, 1.165) is 29.2 Å². The number of nitriles is 1. The number of aryl methyl sites for hydroxylation is 1. The Kier molecular flexibility index (Phi) is 9.07. The first kappa shape index (κ1) is 26.7. The van der Waals surface area contributed by atoms with Crippen LogP contribution in [0, 0.1) is 37.0 Å². The quantitative estimate of drug-likeness (QED) is 0.341. The zero-order valence-electron chi connectivity index (χ0n) is 21.4. The summed E-state index contributed by atoms with van der Waals surface area (Å²) >= 11 is 0. The van der Waals surface area contributed by atoms with Gasteiger partial charge < -0.3 is 19.5 Å². The Labute approximate surface area is 212 Å². The van der Waals surface area contributed by atoms with E-state index in [2.05, 4.69) is 23.7 Å². The molecule has 0 unspecified atom stereocenters. The number of nitrogens with zero attached hydrogens (tertiary/aromatic N) is 3. The molecule has 1 aliphatic heterocycles. The Morgan fingerprint density at radius 3 is 2.44 bits per heavy atom. The molecule has 8 heteroatoms. The highest BCUT2D eigenvalue weighted by molar-refractivity contribution is 5.99. The number of carbonyl (C=O) groups is 3. The number of anilines is 1. The normalized spacial score (nSPS) is 14.4. The number of amides is 2. The Hall–Kier alpha value is -3.86. The Balaban J connectivity index is 1.51. The van der Waals surface area contributed by atoms with Gasteiger partial charge in [-0.3, -0.25) is 9.59 Å². The number of esters is 1. The standard InChI is InChI=1S/C28H34N4O4/c1-19(2)17-32-20(3)14-23(21(32)4)15-24(16-29)28(35)36-18-26(33)31-12-10-22(11-13-31)27(34)30-25-8-6-5-7-9-25/h5-9,14-15,19,22H,10-13,17-18H2,1-4H3,(H,30,34)/b24-15+. The van der Waals surface area contributed by atoms with Crippen LogP contribution in [0.4, 0.5) is 5.69 Å². The van der Waals surface area contributed by atoms with Crippen molar-refractivity contribution in [3.05, 3.63) is 58.9 Å². The first-order valence-corrected chi connectivity index (χ1v) is 12.3. The van der Waals surface area contributed by atoms with Gasteiger partial charge in [0.15, 0.2) is 6.61 Å². The molecule has 0 spiro atoms. The molecule has 0 saturated carbocycles. The van der Waals surface area contributed by atoms with Crippen LogP contribution in [0.5, 0.6) is 0 Å². The van der Waals surface area contributed by atoms with Gasteiger partial charge in [0.1, 0.15) is 11.6 Å². The van der Waals surface area contributed by atoms with Crippen LogP contribution >= 0.6 is 0 Å². The highest BCUT2D eigenvalue weighted by Gasteiger charge is 2.28. The maximum absolute atomic E-state index is 12.6. The first-order valence-electron chi connectivity index (χ1n) is 12.3. The number of hydrogen-bond donors (Lipinski definition) is 1. The molecular weight excluding hydrogens is 456 g/mol. The average molecular weight is 491 g/mol. The van der Waals surface area contributed by atoms with Gasteiger partial charge in [-0.25, -0.2) is 4.79 Å². The molecule has 1 aromatic heterocycles. The van der Waals surface area contributed by atoms with Crippen LogP contribution in [0.3, 0.4) is 0 Å². The Morgan fingerprint density at radius 2 is 1.83 bits per heavy atom. The van der Waals surface area contributed by atoms with Crippen LogP contribution < -0.4 is 5.32 Å². The predicted octanol–water partition coefficient (Wildman–Crippen LogP) is 4.09. The molecule has 1 N–H and O–H groups in total. The average Bonchev–Trinajstić information content (AvgIpc) is 3.13. The summed E-state index contributed by atoms with van der Waals surface area (Å²) in [5.41, 5.74) is 3.40. The van der Waals surface area contributed by atoms with Gasteiger partial charge in [0.25, 0.3) is 5.91 Å². The lowest BCUT2D eigenvalue weighted by Gasteiger charge is -2.31. The van der Waals surface area contributed by atoms with Crippen molar-refractivity contribution in [1.82, 2.24) is 9.47 Å². The summed E-state index contributed by atoms with van der Waals surface area (Å²) in [6, 6.07) is 13.1. The highest BCUT2D eigenvalue weighted by Crippen LogP contribution is 2.21. The zero-order chi connectivity index (χ0) is 26.2. The van der Waals surface area contributed by atoms with Crippen LogP contribution in [0.25, 0.3) is 6.08 Å². The molecule has 0 radical (unpaired) electrons. The highest BCUT2D eigenvalue weighted by atomic mass is 16.5. The third-order valence-corrected chi connectivity index (χ3v) is 6.39. The van der Waals surface area contributed by atoms with Crippen molar-refractivity contribution < 1.29 is 19.1 Å². The van der Waals surface area contributed by atoms with E-state index in [0.29, 0.717) is 31.8 Å². The topological polar surface area (TPSA) is 104 Å². The molecule has 1 aromatic carbocycles. The van der Waals surface area contributed by atoms with Crippen molar-refractivity contribution in [1.29, 1.82) is 5.26 Å². The van der Waals surface area contributed by atoms with E-state index in [1.165, 1.54) is 6.08 Å². The number of benzene rings is 1. The van der Waals surface area contributed by atoms with Crippen molar-refractivity contribution >= 4 is 29.5 Å². The van der Waals surface area contributed by atoms with E-state index in [1.807, 2.05) is 56.3 Å². The molecule has 2 amide bonds. The second kappa shape index (κ2) is 12.2. The lowest BCUT2D eigenvalue weighted by atomic mass is 9.95. The number of piperidine rings is 1. The van der Waals surface area contributed by atoms with Gasteiger partial charge in [0.05, 0.1) is 0 Å². The van der Waals surface area contributed by atoms with E-state index >= 15 is 0 Å². The van der Waals surface area contributed by atoms with Gasteiger partial charge in [-0.1, -0.05) is 32.0 Å². The smallest absolute Gasteiger partial charge is 0.349 e. The van der Waals surface area contributed by atoms with Gasteiger partial charge in [-0.2, -0.15) is 5.26 Å². The summed E-state index contributed by atoms with van der Waals surface area (Å²) in [6.07, 6.45) is 2.59. The second-order valence-corrected chi connectivity index (χ2v) is 9.59. The minimum atomic E-state index is -0.823. The number of aromatic nitrogens is 1. The van der Waals surface area contributed by atoms with Crippen LogP contribution in [-0.2, 0) is 25.7 Å². The summed E-state index contributed by atoms with van der Waals surface area (Å²) in [4.78, 5) is 39.2. The van der Waals surface area contributed by atoms with E-state index in [9.17, 15) is 19.6 Å². The van der Waals surface area contributed by atoms with Gasteiger partial charge in [0.2, 0.25) is 5.91 Å². The minimum Gasteiger partial charge on any atom is -0.451 e. The number of likely N-dealkylation sites (tertiary alicyclic amines) is 1. The summed E-state index contributed by atoms with van der Waals surface area (Å²) in [5, 5.41) is 12.4. The van der Waals surface area contributed by atoms with Crippen LogP contribution in [0.15, 0.2) is 42.0 Å². The number of rotatable bonds is 8. The maximum Gasteiger partial charge on any atom is 0.349 e. The van der Waals surface area contributed by atoms with Gasteiger partial charge in [-0.15, -0.1) is 0 Å². The lowest BCUT2D eigenvalue weighted by molar-refractivity contribution is -0.149. The summed E-state index contributed by atoms with van der Waals surface area (Å²) < 4.78 is 7.33. The molecule has 190 valence electrons. The van der Waals surface area contributed by atoms with Crippen LogP contribution in [-0.4, -0.2) is 46.9 Å². The fourth-order valence-corrected chi connectivity index (χ4v) is 4.37. The predicted molar refractivity (Wildman–Crippen MR) is 138 cm³/mol. The summed E-state index contributed by atoms with van der Waals surface area (Å²) in [7, 11) is 0. The molecule has 3 rings (SSSR count). The molecule has 2 aromatic rings. The number of hydrogen-bond acceptors (Lipinski definition) is 5. The van der Waals surface area contributed by atoms with E-state index < -0.39 is 12.6 Å². The Bertz CT molecular complexity index is 1170. The number of nitrogens with one attached hydrogen (secondary N) is 1. The molecule has 1 aliphatic rings. The summed E-state index contributed by atoms with van der Waals surface area (Å²) in [6.45, 7) is 9.43. The van der Waals surface area contributed by atoms with Gasteiger partial charge in [0, 0.05) is 42.6 Å². The SMILES string of the molecule is Cc1cc(/C=C(\C#N)C(=O)OCC(=O)N2CCC(C(=O)Nc3ccccc3)CC2)c(C)n1CC(C)C. The molecule has 0 atom stereocenters. The molecule has 0 bridgehead atoms. The maximum atomic E-state index is 12.6. The van der Waals surface area contributed by atoms with Crippen LogP contribution in [0.2, 0.25) is 0 Å². The first-order chi connectivity index (χ1) is 17.2. The van der Waals surface area contributed by atoms with Gasteiger partial charge in [-0.05, 0) is 62.4 Å². The van der Waals surface area contributed by atoms with E-state index in [1.54, 1.807) is 4.90 Å². The van der Waals surface area contributed by atoms with Crippen molar-refractivity contribution in [3.63, 3.8) is 0 Å². The second-order valence-electron chi connectivity index (χ2n) is 9.59. The lowest BCUT2D eigenvalue weighted by Crippen LogP contribution is -2.43. The van der Waals surface area contributed by atoms with E-state index in [-0.39, 0.29) is 23.3 Å². The fraction of sp³-hybridized carbons (Fsp3) is 0.429. The largest absolute Gasteiger partial charge is 0.451 e. The molecule has 8 nitrogen and oxygen atoms in total. The summed E-state index contributed by atoms with van der Waals surface area (Å²) in [5.74, 6) is -0.938. The number of ether oxygens (including phenoxy) is 1. The monoisotopic (exact) mass is 490 g/mol. The molecule has 0 aliphatic carbocycles. The number of carbonyl (C=O) groups excluding carboxylic acids is 3. The third kappa shape index (κ3) is 6.85. The van der Waals surface area contributed by atoms with Crippen molar-refractivity contribution in [3.8, 4) is 6.07 Å². The molecule has 36 heavy (non-hydrogen) atoms. The third-order valence-electron chi connectivity index (χ3n) is 6.39. The van der Waals surface area contributed by atoms with E-state index in [4.69, 9.17) is 4.74 Å². The molecule has 2 heterocycles. The molecular formula is C28H34N4O4.